The highest BCUT2D eigenvalue weighted by Gasteiger charge is 2.20. The van der Waals surface area contributed by atoms with Crippen molar-refractivity contribution >= 4 is 5.91 Å². The number of hydrogen-bond acceptors (Lipinski definition) is 5. The van der Waals surface area contributed by atoms with E-state index in [0.29, 0.717) is 19.7 Å². The second-order valence-corrected chi connectivity index (χ2v) is 6.66. The summed E-state index contributed by atoms with van der Waals surface area (Å²) in [4.78, 5) is 21.0. The average Bonchev–Trinajstić information content (AvgIpc) is 2.78. The smallest absolute Gasteiger partial charge is 0.242 e. The van der Waals surface area contributed by atoms with Crippen LogP contribution in [0.1, 0.15) is 36.1 Å². The highest BCUT2D eigenvalue weighted by Crippen LogP contribution is 2.19. The first-order chi connectivity index (χ1) is 14.3. The van der Waals surface area contributed by atoms with Crippen LogP contribution in [0.3, 0.4) is 0 Å². The Balaban J connectivity index is 1.70. The summed E-state index contributed by atoms with van der Waals surface area (Å²) < 4.78 is 5.65. The predicted molar refractivity (Wildman–Crippen MR) is 112 cm³/mol. The van der Waals surface area contributed by atoms with E-state index in [1.54, 1.807) is 24.8 Å². The lowest BCUT2D eigenvalue weighted by molar-refractivity contribution is -0.123. The van der Waals surface area contributed by atoms with E-state index in [0.717, 1.165) is 28.9 Å². The fraction of sp³-hybridized carbons (Fsp3) is 0.261. The number of rotatable bonds is 10. The second kappa shape index (κ2) is 10.9. The van der Waals surface area contributed by atoms with Crippen LogP contribution in [-0.2, 0) is 17.9 Å². The highest BCUT2D eigenvalue weighted by atomic mass is 16.5. The van der Waals surface area contributed by atoms with Gasteiger partial charge in [-0.1, -0.05) is 19.1 Å². The summed E-state index contributed by atoms with van der Waals surface area (Å²) in [7, 11) is 0. The quantitative estimate of drug-likeness (QED) is 0.555. The maximum atomic E-state index is 13.0. The van der Waals surface area contributed by atoms with Crippen LogP contribution in [-0.4, -0.2) is 22.5 Å². The monoisotopic (exact) mass is 390 g/mol. The molecule has 0 bridgehead atoms. The maximum Gasteiger partial charge on any atom is 0.242 e. The third-order valence-corrected chi connectivity index (χ3v) is 4.42. The SMILES string of the molecule is CCCOc1ccc(C(NCc2ccncc2)C(=O)NCc2ccncc2)cc1. The van der Waals surface area contributed by atoms with Gasteiger partial charge in [0.15, 0.2) is 0 Å². The number of hydrogen-bond donors (Lipinski definition) is 2. The van der Waals surface area contributed by atoms with Crippen molar-refractivity contribution in [1.29, 1.82) is 0 Å². The van der Waals surface area contributed by atoms with E-state index in [9.17, 15) is 4.79 Å². The minimum atomic E-state index is -0.481. The number of amides is 1. The van der Waals surface area contributed by atoms with Crippen LogP contribution in [0, 0.1) is 0 Å². The van der Waals surface area contributed by atoms with E-state index in [2.05, 4.69) is 27.5 Å². The molecule has 0 aliphatic heterocycles. The molecule has 6 nitrogen and oxygen atoms in total. The van der Waals surface area contributed by atoms with Crippen LogP contribution >= 0.6 is 0 Å². The maximum absolute atomic E-state index is 13.0. The van der Waals surface area contributed by atoms with Crippen molar-refractivity contribution in [3.8, 4) is 5.75 Å². The molecule has 2 heterocycles. The molecule has 150 valence electrons. The highest BCUT2D eigenvalue weighted by molar-refractivity contribution is 5.83. The van der Waals surface area contributed by atoms with E-state index in [-0.39, 0.29) is 5.91 Å². The molecule has 2 N–H and O–H groups in total. The number of ether oxygens (including phenoxy) is 1. The number of aromatic nitrogens is 2. The summed E-state index contributed by atoms with van der Waals surface area (Å²) >= 11 is 0. The van der Waals surface area contributed by atoms with E-state index in [1.807, 2.05) is 48.5 Å². The number of carbonyl (C=O) groups excluding carboxylic acids is 1. The molecule has 0 fully saturated rings. The standard InChI is InChI=1S/C23H26N4O2/c1-2-15-29-21-5-3-20(4-6-21)22(26-16-18-7-11-24-12-8-18)23(28)27-17-19-9-13-25-14-10-19/h3-14,22,26H,2,15-17H2,1H3,(H,27,28). The minimum Gasteiger partial charge on any atom is -0.494 e. The zero-order valence-electron chi connectivity index (χ0n) is 16.5. The molecule has 6 heteroatoms. The molecule has 0 saturated carbocycles. The third-order valence-electron chi connectivity index (χ3n) is 4.42. The zero-order valence-corrected chi connectivity index (χ0v) is 16.5. The van der Waals surface area contributed by atoms with Crippen molar-refractivity contribution in [1.82, 2.24) is 20.6 Å². The summed E-state index contributed by atoms with van der Waals surface area (Å²) in [5.74, 6) is 0.721. The number of nitrogens with zero attached hydrogens (tertiary/aromatic N) is 2. The predicted octanol–water partition coefficient (Wildman–Crippen LogP) is 3.41. The minimum absolute atomic E-state index is 0.0851. The van der Waals surface area contributed by atoms with Crippen LogP contribution in [0.25, 0.3) is 0 Å². The Kier molecular flexibility index (Phi) is 7.72. The number of carbonyl (C=O) groups is 1. The first kappa shape index (κ1) is 20.5. The Labute approximate surface area is 171 Å². The van der Waals surface area contributed by atoms with Gasteiger partial charge in [0.2, 0.25) is 5.91 Å². The molecule has 2 aromatic heterocycles. The van der Waals surface area contributed by atoms with Crippen molar-refractivity contribution in [2.75, 3.05) is 6.61 Å². The lowest BCUT2D eigenvalue weighted by Crippen LogP contribution is -2.37. The van der Waals surface area contributed by atoms with Crippen molar-refractivity contribution in [2.45, 2.75) is 32.5 Å². The second-order valence-electron chi connectivity index (χ2n) is 6.66. The lowest BCUT2D eigenvalue weighted by Gasteiger charge is -2.19. The fourth-order valence-electron chi connectivity index (χ4n) is 2.85. The van der Waals surface area contributed by atoms with Crippen LogP contribution in [0.4, 0.5) is 0 Å². The van der Waals surface area contributed by atoms with Crippen molar-refractivity contribution in [3.05, 3.63) is 90.0 Å². The molecule has 0 aliphatic carbocycles. The Bertz CT molecular complexity index is 870. The molecule has 1 amide bonds. The lowest BCUT2D eigenvalue weighted by atomic mass is 10.1. The van der Waals surface area contributed by atoms with Gasteiger partial charge in [0.25, 0.3) is 0 Å². The Morgan fingerprint density at radius 2 is 1.48 bits per heavy atom. The first-order valence-corrected chi connectivity index (χ1v) is 9.78. The third kappa shape index (κ3) is 6.40. The van der Waals surface area contributed by atoms with Gasteiger partial charge in [-0.25, -0.2) is 0 Å². The molecule has 29 heavy (non-hydrogen) atoms. The molecule has 3 aromatic rings. The molecule has 0 saturated heterocycles. The molecule has 1 aromatic carbocycles. The number of benzene rings is 1. The van der Waals surface area contributed by atoms with E-state index >= 15 is 0 Å². The molecular formula is C23H26N4O2. The van der Waals surface area contributed by atoms with E-state index in [4.69, 9.17) is 4.74 Å². The van der Waals surface area contributed by atoms with E-state index < -0.39 is 6.04 Å². The summed E-state index contributed by atoms with van der Waals surface area (Å²) in [6.45, 7) is 3.76. The van der Waals surface area contributed by atoms with Crippen molar-refractivity contribution in [3.63, 3.8) is 0 Å². The van der Waals surface area contributed by atoms with E-state index in [1.165, 1.54) is 0 Å². The molecule has 3 rings (SSSR count). The Hall–Kier alpha value is -3.25. The van der Waals surface area contributed by atoms with Gasteiger partial charge in [-0.15, -0.1) is 0 Å². The number of pyridine rings is 2. The molecule has 1 atom stereocenters. The van der Waals surface area contributed by atoms with Crippen molar-refractivity contribution in [2.24, 2.45) is 0 Å². The van der Waals surface area contributed by atoms with Gasteiger partial charge in [-0.3, -0.25) is 20.1 Å². The van der Waals surface area contributed by atoms with Crippen LogP contribution in [0.5, 0.6) is 5.75 Å². The van der Waals surface area contributed by atoms with Crippen LogP contribution in [0.2, 0.25) is 0 Å². The first-order valence-electron chi connectivity index (χ1n) is 9.78. The van der Waals surface area contributed by atoms with Gasteiger partial charge in [-0.05, 0) is 59.5 Å². The van der Waals surface area contributed by atoms with Crippen LogP contribution in [0.15, 0.2) is 73.3 Å². The van der Waals surface area contributed by atoms with Gasteiger partial charge in [-0.2, -0.15) is 0 Å². The Morgan fingerprint density at radius 3 is 2.07 bits per heavy atom. The molecule has 0 spiro atoms. The summed E-state index contributed by atoms with van der Waals surface area (Å²) in [6, 6.07) is 14.8. The molecule has 0 aliphatic rings. The van der Waals surface area contributed by atoms with Crippen molar-refractivity contribution < 1.29 is 9.53 Å². The average molecular weight is 390 g/mol. The van der Waals surface area contributed by atoms with Gasteiger partial charge in [0.1, 0.15) is 11.8 Å². The zero-order chi connectivity index (χ0) is 20.3. The van der Waals surface area contributed by atoms with Gasteiger partial charge < -0.3 is 10.1 Å². The molecule has 1 unspecified atom stereocenters. The van der Waals surface area contributed by atoms with Gasteiger partial charge in [0, 0.05) is 37.9 Å². The molecular weight excluding hydrogens is 364 g/mol. The Morgan fingerprint density at radius 1 is 0.897 bits per heavy atom. The number of nitrogens with one attached hydrogen (secondary N) is 2. The van der Waals surface area contributed by atoms with Gasteiger partial charge in [0.05, 0.1) is 6.61 Å². The summed E-state index contributed by atoms with van der Waals surface area (Å²) in [6.07, 6.45) is 7.88. The van der Waals surface area contributed by atoms with Crippen LogP contribution < -0.4 is 15.4 Å². The van der Waals surface area contributed by atoms with Gasteiger partial charge >= 0.3 is 0 Å². The fourth-order valence-corrected chi connectivity index (χ4v) is 2.85. The summed E-state index contributed by atoms with van der Waals surface area (Å²) in [5.41, 5.74) is 2.95. The molecule has 0 radical (unpaired) electrons. The normalized spacial score (nSPS) is 11.6. The summed E-state index contributed by atoms with van der Waals surface area (Å²) in [5, 5.41) is 6.37. The largest absolute Gasteiger partial charge is 0.494 e. The topological polar surface area (TPSA) is 76.1 Å².